The van der Waals surface area contributed by atoms with Gasteiger partial charge in [0.1, 0.15) is 0 Å². The summed E-state index contributed by atoms with van der Waals surface area (Å²) >= 11 is 0. The van der Waals surface area contributed by atoms with Crippen molar-refractivity contribution in [2.75, 3.05) is 5.32 Å². The lowest BCUT2D eigenvalue weighted by Gasteiger charge is -2.14. The first-order valence-corrected chi connectivity index (χ1v) is 7.52. The maximum Gasteiger partial charge on any atom is 0.416 e. The number of aromatic nitrogens is 2. The van der Waals surface area contributed by atoms with Crippen molar-refractivity contribution in [3.8, 4) is 5.88 Å². The summed E-state index contributed by atoms with van der Waals surface area (Å²) in [7, 11) is 0. The van der Waals surface area contributed by atoms with Crippen LogP contribution >= 0.6 is 0 Å². The quantitative estimate of drug-likeness (QED) is 0.615. The van der Waals surface area contributed by atoms with Crippen LogP contribution in [0.15, 0.2) is 42.5 Å². The maximum atomic E-state index is 12.9. The van der Waals surface area contributed by atoms with Crippen LogP contribution < -0.4 is 5.32 Å². The fourth-order valence-electron chi connectivity index (χ4n) is 2.36. The van der Waals surface area contributed by atoms with Gasteiger partial charge in [0.15, 0.2) is 5.69 Å². The average molecular weight is 401 g/mol. The van der Waals surface area contributed by atoms with E-state index in [9.17, 15) is 36.2 Å². The molecule has 1 aromatic heterocycles. The van der Waals surface area contributed by atoms with Gasteiger partial charge < -0.3 is 10.4 Å². The van der Waals surface area contributed by atoms with E-state index in [1.165, 1.54) is 12.1 Å². The van der Waals surface area contributed by atoms with Crippen molar-refractivity contribution >= 4 is 22.6 Å². The van der Waals surface area contributed by atoms with Crippen LogP contribution in [0.5, 0.6) is 5.88 Å². The molecule has 1 heterocycles. The molecule has 1 amide bonds. The Labute approximate surface area is 152 Å². The molecule has 0 saturated heterocycles. The topological polar surface area (TPSA) is 75.1 Å². The smallest absolute Gasteiger partial charge is 0.416 e. The number of nitrogens with one attached hydrogen (secondary N) is 1. The van der Waals surface area contributed by atoms with Crippen LogP contribution in [0.3, 0.4) is 0 Å². The maximum absolute atomic E-state index is 12.9. The number of rotatable bonds is 2. The Bertz CT molecular complexity index is 1030. The van der Waals surface area contributed by atoms with Gasteiger partial charge in [0, 0.05) is 5.69 Å². The summed E-state index contributed by atoms with van der Waals surface area (Å²) < 4.78 is 77.4. The average Bonchev–Trinajstić information content (AvgIpc) is 2.59. The van der Waals surface area contributed by atoms with Gasteiger partial charge in [-0.3, -0.25) is 4.79 Å². The van der Waals surface area contributed by atoms with Gasteiger partial charge in [0.2, 0.25) is 5.88 Å². The molecule has 28 heavy (non-hydrogen) atoms. The van der Waals surface area contributed by atoms with E-state index < -0.39 is 46.6 Å². The molecular weight excluding hydrogens is 392 g/mol. The van der Waals surface area contributed by atoms with E-state index in [0.717, 1.165) is 0 Å². The fraction of sp³-hybridized carbons (Fsp3) is 0.118. The van der Waals surface area contributed by atoms with E-state index in [1.807, 2.05) is 5.32 Å². The number of hydrogen-bond donors (Lipinski definition) is 2. The van der Waals surface area contributed by atoms with Crippen molar-refractivity contribution in [2.45, 2.75) is 12.4 Å². The second-order valence-corrected chi connectivity index (χ2v) is 5.63. The molecule has 0 aliphatic heterocycles. The molecule has 0 fully saturated rings. The summed E-state index contributed by atoms with van der Waals surface area (Å²) in [6.45, 7) is 0. The Balaban J connectivity index is 2.01. The van der Waals surface area contributed by atoms with Crippen LogP contribution in [0.1, 0.15) is 21.6 Å². The number of nitrogens with zero attached hydrogens (tertiary/aromatic N) is 2. The standard InChI is InChI=1S/C17H9F6N3O2/c18-16(19,20)8-5-9(17(21,22)23)7-10(6-8)24-14(27)13-15(28)26-12-4-2-1-3-11(12)25-13/h1-7H,(H,24,27)(H,26,28). The van der Waals surface area contributed by atoms with Gasteiger partial charge in [-0.1, -0.05) is 12.1 Å². The zero-order valence-corrected chi connectivity index (χ0v) is 13.6. The van der Waals surface area contributed by atoms with Crippen LogP contribution in [0.25, 0.3) is 11.0 Å². The van der Waals surface area contributed by atoms with E-state index in [-0.39, 0.29) is 17.1 Å². The Morgan fingerprint density at radius 1 is 0.857 bits per heavy atom. The first-order valence-electron chi connectivity index (χ1n) is 7.52. The van der Waals surface area contributed by atoms with Crippen molar-refractivity contribution in [1.82, 2.24) is 9.97 Å². The molecule has 0 aliphatic carbocycles. The first-order chi connectivity index (χ1) is 12.9. The molecule has 5 nitrogen and oxygen atoms in total. The number of alkyl halides is 6. The molecule has 2 aromatic carbocycles. The summed E-state index contributed by atoms with van der Waals surface area (Å²) in [6.07, 6.45) is -10.1. The number of aromatic hydroxyl groups is 1. The Morgan fingerprint density at radius 3 is 1.86 bits per heavy atom. The molecule has 11 heteroatoms. The van der Waals surface area contributed by atoms with Crippen molar-refractivity contribution in [2.24, 2.45) is 0 Å². The molecule has 3 rings (SSSR count). The minimum absolute atomic E-state index is 0.0665. The van der Waals surface area contributed by atoms with Crippen LogP contribution in [-0.4, -0.2) is 21.0 Å². The lowest BCUT2D eigenvalue weighted by molar-refractivity contribution is -0.143. The van der Waals surface area contributed by atoms with Crippen molar-refractivity contribution in [3.63, 3.8) is 0 Å². The summed E-state index contributed by atoms with van der Waals surface area (Å²) in [5.41, 5.74) is -4.15. The minimum Gasteiger partial charge on any atom is -0.492 e. The number of hydrogen-bond acceptors (Lipinski definition) is 4. The van der Waals surface area contributed by atoms with Crippen LogP contribution in [0.2, 0.25) is 0 Å². The van der Waals surface area contributed by atoms with E-state index in [4.69, 9.17) is 0 Å². The molecular formula is C17H9F6N3O2. The number of fused-ring (bicyclic) bond motifs is 1. The molecule has 0 bridgehead atoms. The highest BCUT2D eigenvalue weighted by molar-refractivity contribution is 6.05. The van der Waals surface area contributed by atoms with Crippen LogP contribution in [0.4, 0.5) is 32.0 Å². The summed E-state index contributed by atoms with van der Waals surface area (Å²) in [6, 6.07) is 6.74. The molecule has 0 atom stereocenters. The third kappa shape index (κ3) is 3.97. The zero-order chi connectivity index (χ0) is 20.7. The van der Waals surface area contributed by atoms with E-state index >= 15 is 0 Å². The predicted octanol–water partition coefficient (Wildman–Crippen LogP) is 4.63. The Hall–Kier alpha value is -3.37. The first kappa shape index (κ1) is 19.4. The van der Waals surface area contributed by atoms with Crippen molar-refractivity contribution < 1.29 is 36.2 Å². The normalized spacial score (nSPS) is 12.2. The second-order valence-electron chi connectivity index (χ2n) is 5.63. The molecule has 0 saturated carbocycles. The number of para-hydroxylation sites is 2. The van der Waals surface area contributed by atoms with Crippen molar-refractivity contribution in [1.29, 1.82) is 0 Å². The monoisotopic (exact) mass is 401 g/mol. The third-order valence-corrected chi connectivity index (χ3v) is 3.61. The molecule has 0 unspecified atom stereocenters. The summed E-state index contributed by atoms with van der Waals surface area (Å²) in [5, 5.41) is 11.7. The minimum atomic E-state index is -5.06. The highest BCUT2D eigenvalue weighted by atomic mass is 19.4. The third-order valence-electron chi connectivity index (χ3n) is 3.61. The lowest BCUT2D eigenvalue weighted by atomic mass is 10.1. The predicted molar refractivity (Wildman–Crippen MR) is 85.6 cm³/mol. The largest absolute Gasteiger partial charge is 0.492 e. The van der Waals surface area contributed by atoms with E-state index in [2.05, 4.69) is 9.97 Å². The van der Waals surface area contributed by atoms with Gasteiger partial charge in [-0.25, -0.2) is 9.97 Å². The number of amides is 1. The van der Waals surface area contributed by atoms with Gasteiger partial charge in [0.25, 0.3) is 5.91 Å². The highest BCUT2D eigenvalue weighted by Crippen LogP contribution is 2.37. The zero-order valence-electron chi connectivity index (χ0n) is 13.6. The fourth-order valence-corrected chi connectivity index (χ4v) is 2.36. The second kappa shape index (κ2) is 6.66. The molecule has 2 N–H and O–H groups in total. The molecule has 3 aromatic rings. The van der Waals surface area contributed by atoms with Gasteiger partial charge >= 0.3 is 12.4 Å². The van der Waals surface area contributed by atoms with E-state index in [0.29, 0.717) is 12.1 Å². The van der Waals surface area contributed by atoms with Gasteiger partial charge in [-0.05, 0) is 30.3 Å². The SMILES string of the molecule is O=C(Nc1cc(C(F)(F)F)cc(C(F)(F)F)c1)c1nc2ccccc2nc1O. The number of carbonyl (C=O) groups is 1. The highest BCUT2D eigenvalue weighted by Gasteiger charge is 2.37. The Morgan fingerprint density at radius 2 is 1.36 bits per heavy atom. The Kier molecular flexibility index (Phi) is 4.61. The number of anilines is 1. The summed E-state index contributed by atoms with van der Waals surface area (Å²) in [4.78, 5) is 19.8. The lowest BCUT2D eigenvalue weighted by Crippen LogP contribution is -2.17. The number of benzene rings is 2. The van der Waals surface area contributed by atoms with Crippen LogP contribution in [0, 0.1) is 0 Å². The van der Waals surface area contributed by atoms with E-state index in [1.54, 1.807) is 12.1 Å². The molecule has 0 spiro atoms. The van der Waals surface area contributed by atoms with Crippen LogP contribution in [-0.2, 0) is 12.4 Å². The summed E-state index contributed by atoms with van der Waals surface area (Å²) in [5.74, 6) is -2.04. The van der Waals surface area contributed by atoms with Crippen molar-refractivity contribution in [3.05, 3.63) is 59.3 Å². The molecule has 0 radical (unpaired) electrons. The molecule has 0 aliphatic rings. The molecule has 146 valence electrons. The van der Waals surface area contributed by atoms with Gasteiger partial charge in [-0.15, -0.1) is 0 Å². The number of halogens is 6. The van der Waals surface area contributed by atoms with Gasteiger partial charge in [-0.2, -0.15) is 26.3 Å². The number of carbonyl (C=O) groups excluding carboxylic acids is 1. The van der Waals surface area contributed by atoms with Gasteiger partial charge in [0.05, 0.1) is 22.2 Å².